The zero-order chi connectivity index (χ0) is 32.3. The van der Waals surface area contributed by atoms with Crippen LogP contribution in [0.2, 0.25) is 0 Å². The number of nitrogens with zero attached hydrogens (tertiary/aromatic N) is 6. The van der Waals surface area contributed by atoms with E-state index in [9.17, 15) is 14.4 Å². The van der Waals surface area contributed by atoms with Crippen molar-refractivity contribution < 1.29 is 14.6 Å². The maximum absolute atomic E-state index is 13.8. The van der Waals surface area contributed by atoms with Crippen LogP contribution in [0.25, 0.3) is 15.2 Å². The highest BCUT2D eigenvalue weighted by atomic mass is 32.1. The number of methoxy groups -OCH3 is 1. The number of para-hydroxylation sites is 1. The van der Waals surface area contributed by atoms with Gasteiger partial charge in [0.05, 0.1) is 31.6 Å². The van der Waals surface area contributed by atoms with E-state index in [1.807, 2.05) is 45.0 Å². The minimum Gasteiger partial charge on any atom is -0.496 e. The zero-order valence-electron chi connectivity index (χ0n) is 25.8. The quantitative estimate of drug-likeness (QED) is 0.292. The highest BCUT2D eigenvalue weighted by Gasteiger charge is 2.28. The predicted octanol–water partition coefficient (Wildman–Crippen LogP) is 2.87. The molecule has 0 spiro atoms. The Kier molecular flexibility index (Phi) is 13.3. The molecule has 4 aromatic rings. The number of benzene rings is 1. The molecule has 0 unspecified atom stereocenters. The number of likely N-dealkylation sites (N-methyl/N-ethyl adjacent to an activating group) is 1. The summed E-state index contributed by atoms with van der Waals surface area (Å²) in [6.07, 6.45) is 4.23. The Hall–Kier alpha value is -4.25. The van der Waals surface area contributed by atoms with Gasteiger partial charge in [0.25, 0.3) is 5.56 Å². The van der Waals surface area contributed by atoms with Gasteiger partial charge in [-0.3, -0.25) is 14.2 Å². The highest BCUT2D eigenvalue weighted by molar-refractivity contribution is 7.21. The maximum Gasteiger partial charge on any atom is 0.332 e. The molecule has 0 aliphatic rings. The fourth-order valence-corrected chi connectivity index (χ4v) is 5.61. The minimum absolute atomic E-state index is 0.0174. The van der Waals surface area contributed by atoms with Gasteiger partial charge in [0.1, 0.15) is 21.6 Å². The lowest BCUT2D eigenvalue weighted by atomic mass is 10.1. The van der Waals surface area contributed by atoms with Crippen LogP contribution >= 0.6 is 11.3 Å². The van der Waals surface area contributed by atoms with Crippen molar-refractivity contribution in [3.8, 4) is 16.8 Å². The van der Waals surface area contributed by atoms with Crippen LogP contribution in [0, 0.1) is 18.3 Å². The van der Waals surface area contributed by atoms with Crippen LogP contribution in [0.1, 0.15) is 44.4 Å². The van der Waals surface area contributed by atoms with Gasteiger partial charge in [-0.25, -0.2) is 14.0 Å². The van der Waals surface area contributed by atoms with Crippen molar-refractivity contribution in [1.29, 1.82) is 5.26 Å². The number of ether oxygens (including phenoxy) is 1. The molecule has 1 aromatic carbocycles. The first-order valence-electron chi connectivity index (χ1n) is 13.8. The molecule has 0 bridgehead atoms. The first kappa shape index (κ1) is 34.9. The number of amides is 1. The maximum atomic E-state index is 13.8. The number of hydrogen-bond donors (Lipinski definition) is 2. The van der Waals surface area contributed by atoms with E-state index in [1.54, 1.807) is 59.8 Å². The SMILES string of the molecule is CN.COc1ccccc1CCn1c(=O)n([C@@H](C)C(=O)N(C)C(C)C)c(=O)c2c(C)c(-n3cccn3)sc21.N#CCCO. The second-order valence-corrected chi connectivity index (χ2v) is 10.7. The summed E-state index contributed by atoms with van der Waals surface area (Å²) < 4.78 is 9.88. The lowest BCUT2D eigenvalue weighted by Crippen LogP contribution is -2.47. The zero-order valence-corrected chi connectivity index (χ0v) is 26.6. The van der Waals surface area contributed by atoms with Crippen molar-refractivity contribution in [3.05, 3.63) is 74.7 Å². The number of nitrogens with two attached hydrogens (primary N) is 1. The Labute approximate surface area is 255 Å². The van der Waals surface area contributed by atoms with Crippen molar-refractivity contribution in [3.63, 3.8) is 0 Å². The summed E-state index contributed by atoms with van der Waals surface area (Å²) in [5.74, 6) is 0.441. The van der Waals surface area contributed by atoms with Crippen molar-refractivity contribution in [1.82, 2.24) is 23.8 Å². The Bertz CT molecular complexity index is 1650. The molecule has 43 heavy (non-hydrogen) atoms. The van der Waals surface area contributed by atoms with E-state index in [1.165, 1.54) is 18.4 Å². The van der Waals surface area contributed by atoms with Crippen molar-refractivity contribution >= 4 is 27.5 Å². The van der Waals surface area contributed by atoms with Crippen LogP contribution in [0.4, 0.5) is 0 Å². The van der Waals surface area contributed by atoms with E-state index in [2.05, 4.69) is 10.8 Å². The monoisotopic (exact) mass is 611 g/mol. The molecule has 1 amide bonds. The van der Waals surface area contributed by atoms with E-state index < -0.39 is 17.3 Å². The summed E-state index contributed by atoms with van der Waals surface area (Å²) in [5.41, 5.74) is 5.20. The van der Waals surface area contributed by atoms with Gasteiger partial charge in [-0.2, -0.15) is 10.4 Å². The highest BCUT2D eigenvalue weighted by Crippen LogP contribution is 2.31. The molecule has 12 nitrogen and oxygen atoms in total. The standard InChI is InChI=1S/C26H31N5O4S.C3H5NO.CH5N/c1-16(2)28(5)22(32)18(4)31-23(33)21-17(3)24(30-14-9-13-27-30)36-25(21)29(26(31)34)15-12-19-10-7-8-11-20(19)35-6;4-2-1-3-5;1-2/h7-11,13-14,16,18H,12,15H2,1-6H3;5H,1,3H2;2H2,1H3/t18-;;/m0../s1. The number of fused-ring (bicyclic) bond motifs is 1. The smallest absolute Gasteiger partial charge is 0.332 e. The molecule has 0 saturated heterocycles. The van der Waals surface area contributed by atoms with Crippen LogP contribution in [0.3, 0.4) is 0 Å². The Morgan fingerprint density at radius 1 is 1.21 bits per heavy atom. The van der Waals surface area contributed by atoms with Gasteiger partial charge >= 0.3 is 5.69 Å². The van der Waals surface area contributed by atoms with E-state index in [0.717, 1.165) is 26.4 Å². The number of rotatable bonds is 9. The largest absolute Gasteiger partial charge is 0.496 e. The van der Waals surface area contributed by atoms with Gasteiger partial charge < -0.3 is 20.5 Å². The molecule has 232 valence electrons. The number of hydrogen-bond acceptors (Lipinski definition) is 9. The molecule has 3 aromatic heterocycles. The Morgan fingerprint density at radius 2 is 1.88 bits per heavy atom. The van der Waals surface area contributed by atoms with Crippen LogP contribution in [-0.2, 0) is 17.8 Å². The summed E-state index contributed by atoms with van der Waals surface area (Å²) in [6, 6.07) is 10.2. The van der Waals surface area contributed by atoms with Crippen LogP contribution in [0.5, 0.6) is 5.75 Å². The molecular weight excluding hydrogens is 570 g/mol. The third-order valence-corrected chi connectivity index (χ3v) is 8.12. The minimum atomic E-state index is -0.952. The molecule has 3 N–H and O–H groups in total. The topological polar surface area (TPSA) is 161 Å². The molecule has 0 aliphatic carbocycles. The van der Waals surface area contributed by atoms with Gasteiger partial charge in [-0.15, -0.1) is 0 Å². The summed E-state index contributed by atoms with van der Waals surface area (Å²) in [7, 11) is 4.79. The molecule has 0 radical (unpaired) electrons. The molecule has 0 aliphatic heterocycles. The predicted molar refractivity (Wildman–Crippen MR) is 169 cm³/mol. The number of thiophene rings is 1. The fraction of sp³-hybridized carbons (Fsp3) is 0.433. The molecular formula is C30H41N7O5S. The number of aromatic nitrogens is 4. The Morgan fingerprint density at radius 3 is 2.42 bits per heavy atom. The Balaban J connectivity index is 0.000000836. The molecule has 0 fully saturated rings. The summed E-state index contributed by atoms with van der Waals surface area (Å²) in [5, 5.41) is 21.0. The lowest BCUT2D eigenvalue weighted by molar-refractivity contribution is -0.134. The van der Waals surface area contributed by atoms with Gasteiger partial charge in [0.2, 0.25) is 5.91 Å². The normalized spacial score (nSPS) is 11.2. The van der Waals surface area contributed by atoms with E-state index in [0.29, 0.717) is 23.2 Å². The molecule has 3 heterocycles. The van der Waals surface area contributed by atoms with Crippen molar-refractivity contribution in [2.45, 2.75) is 59.2 Å². The fourth-order valence-electron chi connectivity index (χ4n) is 4.35. The van der Waals surface area contributed by atoms with Gasteiger partial charge in [-0.05, 0) is 58.9 Å². The lowest BCUT2D eigenvalue weighted by Gasteiger charge is -2.26. The number of carbonyl (C=O) groups is 1. The van der Waals surface area contributed by atoms with Crippen LogP contribution in [-0.4, -0.2) is 68.7 Å². The van der Waals surface area contributed by atoms with Crippen LogP contribution in [0.15, 0.2) is 52.3 Å². The number of aliphatic hydroxyl groups is 1. The summed E-state index contributed by atoms with van der Waals surface area (Å²) in [6.45, 7) is 7.54. The number of aliphatic hydroxyl groups excluding tert-OH is 1. The molecule has 0 saturated carbocycles. The summed E-state index contributed by atoms with van der Waals surface area (Å²) >= 11 is 1.35. The average molecular weight is 612 g/mol. The van der Waals surface area contributed by atoms with Gasteiger partial charge in [0.15, 0.2) is 0 Å². The van der Waals surface area contributed by atoms with E-state index in [4.69, 9.17) is 15.1 Å². The number of nitriles is 1. The molecule has 13 heteroatoms. The van der Waals surface area contributed by atoms with Gasteiger partial charge in [0, 0.05) is 37.6 Å². The summed E-state index contributed by atoms with van der Waals surface area (Å²) in [4.78, 5) is 42.9. The van der Waals surface area contributed by atoms with Crippen molar-refractivity contribution in [2.24, 2.45) is 5.73 Å². The second kappa shape index (κ2) is 16.4. The van der Waals surface area contributed by atoms with Crippen LogP contribution < -0.4 is 21.7 Å². The molecule has 1 atom stereocenters. The van der Waals surface area contributed by atoms with Crippen molar-refractivity contribution in [2.75, 3.05) is 27.8 Å². The van der Waals surface area contributed by atoms with E-state index in [-0.39, 0.29) is 25.0 Å². The van der Waals surface area contributed by atoms with Gasteiger partial charge in [-0.1, -0.05) is 29.5 Å². The number of carbonyl (C=O) groups excluding carboxylic acids is 1. The first-order chi connectivity index (χ1) is 20.6. The van der Waals surface area contributed by atoms with E-state index >= 15 is 0 Å². The molecule has 4 rings (SSSR count). The second-order valence-electron chi connectivity index (χ2n) is 9.68. The third-order valence-electron chi connectivity index (χ3n) is 6.82. The first-order valence-corrected chi connectivity index (χ1v) is 14.6. The number of aryl methyl sites for hydroxylation is 3. The average Bonchev–Trinajstić information content (AvgIpc) is 3.66. The third kappa shape index (κ3) is 7.78.